The van der Waals surface area contributed by atoms with Gasteiger partial charge in [0.25, 0.3) is 0 Å². The van der Waals surface area contributed by atoms with E-state index in [0.29, 0.717) is 5.56 Å². The Kier molecular flexibility index (Phi) is 6.32. The maximum atomic E-state index is 12.0. The fraction of sp³-hybridized carbons (Fsp3) is 0.533. The molecule has 1 fully saturated rings. The topological polar surface area (TPSA) is 30.7 Å². The molecule has 0 radical (unpaired) electrons. The zero-order valence-corrected chi connectivity index (χ0v) is 12.4. The number of quaternary nitrogens is 1. The molecule has 1 heterocycles. The summed E-state index contributed by atoms with van der Waals surface area (Å²) >= 11 is 0. The maximum absolute atomic E-state index is 12.0. The number of piperidine rings is 1. The summed E-state index contributed by atoms with van der Waals surface area (Å²) < 4.78 is 5.59. The Bertz CT molecular complexity index is 405. The number of likely N-dealkylation sites (tertiary alicyclic amines) is 1. The van der Waals surface area contributed by atoms with Crippen molar-refractivity contribution in [1.29, 1.82) is 0 Å². The van der Waals surface area contributed by atoms with Crippen LogP contribution in [0.5, 0.6) is 0 Å². The van der Waals surface area contributed by atoms with Crippen molar-refractivity contribution >= 4 is 5.97 Å². The lowest BCUT2D eigenvalue weighted by atomic mass is 10.1. The third kappa shape index (κ3) is 4.51. The number of carbonyl (C=O) groups excluding carboxylic acids is 1. The Hall–Kier alpha value is -1.06. The third-order valence-electron chi connectivity index (χ3n) is 3.63. The first-order chi connectivity index (χ1) is 8.69. The van der Waals surface area contributed by atoms with Crippen molar-refractivity contribution in [2.24, 2.45) is 0 Å². The molecule has 106 valence electrons. The number of carbonyl (C=O) groups is 1. The zero-order chi connectivity index (χ0) is 13.0. The number of hydrogen-bond acceptors (Lipinski definition) is 2. The normalized spacial score (nSPS) is 22.4. The minimum absolute atomic E-state index is 0. The summed E-state index contributed by atoms with van der Waals surface area (Å²) in [6, 6.07) is 7.57. The number of benzene rings is 1. The van der Waals surface area contributed by atoms with Crippen LogP contribution in [-0.4, -0.2) is 31.7 Å². The molecule has 0 bridgehead atoms. The molecular formula is C15H22ClNO2. The highest BCUT2D eigenvalue weighted by Gasteiger charge is 2.25. The van der Waals surface area contributed by atoms with E-state index in [4.69, 9.17) is 4.74 Å². The summed E-state index contributed by atoms with van der Waals surface area (Å²) in [7, 11) is 0. The van der Waals surface area contributed by atoms with Gasteiger partial charge in [0.1, 0.15) is 6.54 Å². The van der Waals surface area contributed by atoms with Crippen LogP contribution in [0.15, 0.2) is 24.3 Å². The van der Waals surface area contributed by atoms with Crippen molar-refractivity contribution in [1.82, 2.24) is 0 Å². The highest BCUT2D eigenvalue weighted by Crippen LogP contribution is 2.09. The highest BCUT2D eigenvalue weighted by molar-refractivity contribution is 5.89. The first kappa shape index (κ1) is 16.0. The van der Waals surface area contributed by atoms with Crippen LogP contribution in [0.1, 0.15) is 35.7 Å². The SMILES string of the molecule is CC[NH+]1CCCC(OC(=O)c2ccc(C)cc2)C1.[Cl-]. The average molecular weight is 284 g/mol. The maximum Gasteiger partial charge on any atom is 0.338 e. The van der Waals surface area contributed by atoms with Gasteiger partial charge in [-0.05, 0) is 32.4 Å². The van der Waals surface area contributed by atoms with Gasteiger partial charge in [-0.15, -0.1) is 0 Å². The van der Waals surface area contributed by atoms with Crippen molar-refractivity contribution in [2.45, 2.75) is 32.8 Å². The monoisotopic (exact) mass is 283 g/mol. The van der Waals surface area contributed by atoms with Crippen LogP contribution in [0.3, 0.4) is 0 Å². The largest absolute Gasteiger partial charge is 1.00 e. The van der Waals surface area contributed by atoms with Gasteiger partial charge in [0, 0.05) is 6.42 Å². The second-order valence-electron chi connectivity index (χ2n) is 5.09. The number of rotatable bonds is 3. The molecule has 2 atom stereocenters. The van der Waals surface area contributed by atoms with Crippen LogP contribution in [0.2, 0.25) is 0 Å². The minimum atomic E-state index is -0.183. The number of aryl methyl sites for hydroxylation is 1. The minimum Gasteiger partial charge on any atom is -1.00 e. The molecule has 1 N–H and O–H groups in total. The van der Waals surface area contributed by atoms with E-state index >= 15 is 0 Å². The third-order valence-corrected chi connectivity index (χ3v) is 3.63. The summed E-state index contributed by atoms with van der Waals surface area (Å²) in [4.78, 5) is 13.5. The highest BCUT2D eigenvalue weighted by atomic mass is 35.5. The molecule has 1 aromatic carbocycles. The number of hydrogen-bond donors (Lipinski definition) is 1. The molecule has 2 unspecified atom stereocenters. The molecule has 19 heavy (non-hydrogen) atoms. The Morgan fingerprint density at radius 1 is 1.37 bits per heavy atom. The molecule has 0 amide bonds. The van der Waals surface area contributed by atoms with Crippen LogP contribution in [0.25, 0.3) is 0 Å². The van der Waals surface area contributed by atoms with Crippen LogP contribution >= 0.6 is 0 Å². The van der Waals surface area contributed by atoms with Gasteiger partial charge in [-0.2, -0.15) is 0 Å². The Morgan fingerprint density at radius 3 is 2.68 bits per heavy atom. The zero-order valence-electron chi connectivity index (χ0n) is 11.6. The van der Waals surface area contributed by atoms with Gasteiger partial charge >= 0.3 is 5.97 Å². The first-order valence-electron chi connectivity index (χ1n) is 6.80. The summed E-state index contributed by atoms with van der Waals surface area (Å²) in [5, 5.41) is 0. The van der Waals surface area contributed by atoms with Gasteiger partial charge in [0.15, 0.2) is 6.10 Å². The fourth-order valence-electron chi connectivity index (χ4n) is 2.44. The molecule has 0 aromatic heterocycles. The predicted octanol–water partition coefficient (Wildman–Crippen LogP) is -1.78. The molecule has 0 saturated carbocycles. The molecule has 1 aromatic rings. The van der Waals surface area contributed by atoms with Gasteiger partial charge in [-0.25, -0.2) is 4.79 Å². The van der Waals surface area contributed by atoms with E-state index in [-0.39, 0.29) is 24.5 Å². The number of likely N-dealkylation sites (N-methyl/N-ethyl adjacent to an activating group) is 1. The van der Waals surface area contributed by atoms with Crippen LogP contribution in [0.4, 0.5) is 0 Å². The molecule has 0 spiro atoms. The molecule has 1 aliphatic heterocycles. The summed E-state index contributed by atoms with van der Waals surface area (Å²) in [6.45, 7) is 7.46. The average Bonchev–Trinajstić information content (AvgIpc) is 2.39. The molecule has 1 saturated heterocycles. The lowest BCUT2D eigenvalue weighted by Gasteiger charge is -2.28. The number of halogens is 1. The number of ether oxygens (including phenoxy) is 1. The second-order valence-corrected chi connectivity index (χ2v) is 5.09. The molecular weight excluding hydrogens is 262 g/mol. The summed E-state index contributed by atoms with van der Waals surface area (Å²) in [6.07, 6.45) is 2.23. The predicted molar refractivity (Wildman–Crippen MR) is 70.9 cm³/mol. The second kappa shape index (κ2) is 7.51. The van der Waals surface area contributed by atoms with Crippen LogP contribution < -0.4 is 17.3 Å². The molecule has 3 nitrogen and oxygen atoms in total. The van der Waals surface area contributed by atoms with E-state index < -0.39 is 0 Å². The van der Waals surface area contributed by atoms with Crippen LogP contribution in [0, 0.1) is 6.92 Å². The fourth-order valence-corrected chi connectivity index (χ4v) is 2.44. The van der Waals surface area contributed by atoms with Crippen LogP contribution in [-0.2, 0) is 4.74 Å². The lowest BCUT2D eigenvalue weighted by Crippen LogP contribution is -3.13. The number of nitrogens with one attached hydrogen (secondary N) is 1. The van der Waals surface area contributed by atoms with Crippen molar-refractivity contribution in [3.8, 4) is 0 Å². The van der Waals surface area contributed by atoms with Gasteiger partial charge in [-0.1, -0.05) is 17.7 Å². The van der Waals surface area contributed by atoms with Gasteiger partial charge in [0.2, 0.25) is 0 Å². The van der Waals surface area contributed by atoms with E-state index in [1.165, 1.54) is 11.4 Å². The molecule has 0 aliphatic carbocycles. The standard InChI is InChI=1S/C15H21NO2.ClH/c1-3-16-10-4-5-14(11-16)18-15(17)13-8-6-12(2)7-9-13;/h6-9,14H,3-5,10-11H2,1-2H3;1H. The lowest BCUT2D eigenvalue weighted by molar-refractivity contribution is -0.906. The van der Waals surface area contributed by atoms with E-state index in [9.17, 15) is 4.79 Å². The Labute approximate surface area is 121 Å². The first-order valence-corrected chi connectivity index (χ1v) is 6.80. The smallest absolute Gasteiger partial charge is 0.338 e. The summed E-state index contributed by atoms with van der Waals surface area (Å²) in [5.41, 5.74) is 1.81. The van der Waals surface area contributed by atoms with Gasteiger partial charge in [0.05, 0.1) is 18.7 Å². The van der Waals surface area contributed by atoms with E-state index in [1.54, 1.807) is 0 Å². The molecule has 1 aliphatic rings. The summed E-state index contributed by atoms with van der Waals surface area (Å²) in [5.74, 6) is -0.183. The number of esters is 1. The van der Waals surface area contributed by atoms with E-state index in [0.717, 1.165) is 31.5 Å². The van der Waals surface area contributed by atoms with Crippen molar-refractivity contribution in [2.75, 3.05) is 19.6 Å². The van der Waals surface area contributed by atoms with E-state index in [1.807, 2.05) is 31.2 Å². The Balaban J connectivity index is 0.00000180. The molecule has 4 heteroatoms. The van der Waals surface area contributed by atoms with Crippen molar-refractivity contribution in [3.63, 3.8) is 0 Å². The van der Waals surface area contributed by atoms with Crippen molar-refractivity contribution in [3.05, 3.63) is 35.4 Å². The Morgan fingerprint density at radius 2 is 2.05 bits per heavy atom. The van der Waals surface area contributed by atoms with Gasteiger partial charge < -0.3 is 22.0 Å². The van der Waals surface area contributed by atoms with Crippen molar-refractivity contribution < 1.29 is 26.8 Å². The molecule has 2 rings (SSSR count). The quantitative estimate of drug-likeness (QED) is 0.665. The van der Waals surface area contributed by atoms with Gasteiger partial charge in [-0.3, -0.25) is 0 Å². The van der Waals surface area contributed by atoms with E-state index in [2.05, 4.69) is 6.92 Å².